The summed E-state index contributed by atoms with van der Waals surface area (Å²) in [6.45, 7) is 1.06. The Morgan fingerprint density at radius 2 is 2.05 bits per heavy atom. The summed E-state index contributed by atoms with van der Waals surface area (Å²) in [5.41, 5.74) is 1.10. The van der Waals surface area contributed by atoms with Gasteiger partial charge in [0.15, 0.2) is 5.82 Å². The second kappa shape index (κ2) is 6.57. The van der Waals surface area contributed by atoms with Gasteiger partial charge in [-0.3, -0.25) is 14.8 Å². The molecule has 0 spiro atoms. The Bertz CT molecular complexity index is 741. The van der Waals surface area contributed by atoms with E-state index in [-0.39, 0.29) is 5.91 Å². The zero-order valence-corrected chi connectivity index (χ0v) is 11.8. The first-order valence-electron chi connectivity index (χ1n) is 6.81. The molecule has 0 fully saturated rings. The standard InChI is InChI=1S/C15H14N6O/c22-15(13-11-16-5-6-18-13)20-8-10-21-9-7-19-14(21)12-3-1-2-4-17-12/h1-7,9,11H,8,10H2,(H,20,22). The average molecular weight is 294 g/mol. The highest BCUT2D eigenvalue weighted by Crippen LogP contribution is 2.13. The fourth-order valence-corrected chi connectivity index (χ4v) is 2.01. The van der Waals surface area contributed by atoms with Crippen molar-refractivity contribution in [1.82, 2.24) is 29.8 Å². The van der Waals surface area contributed by atoms with Gasteiger partial charge in [0, 0.05) is 44.1 Å². The van der Waals surface area contributed by atoms with Crippen LogP contribution in [-0.4, -0.2) is 37.0 Å². The number of aromatic nitrogens is 5. The van der Waals surface area contributed by atoms with E-state index in [0.29, 0.717) is 18.8 Å². The molecule has 0 aliphatic rings. The molecule has 0 atom stereocenters. The molecule has 0 aliphatic carbocycles. The molecule has 0 aliphatic heterocycles. The Labute approximate surface area is 127 Å². The van der Waals surface area contributed by atoms with Crippen molar-refractivity contribution < 1.29 is 4.79 Å². The molecule has 0 unspecified atom stereocenters. The molecular weight excluding hydrogens is 280 g/mol. The van der Waals surface area contributed by atoms with Crippen molar-refractivity contribution in [1.29, 1.82) is 0 Å². The first-order valence-corrected chi connectivity index (χ1v) is 6.81. The van der Waals surface area contributed by atoms with Crippen molar-refractivity contribution in [2.75, 3.05) is 6.54 Å². The number of carbonyl (C=O) groups is 1. The van der Waals surface area contributed by atoms with Crippen molar-refractivity contribution in [2.45, 2.75) is 6.54 Å². The first kappa shape index (κ1) is 13.9. The van der Waals surface area contributed by atoms with Crippen LogP contribution in [0.5, 0.6) is 0 Å². The predicted molar refractivity (Wildman–Crippen MR) is 79.8 cm³/mol. The number of hydrogen-bond acceptors (Lipinski definition) is 5. The molecule has 0 saturated heterocycles. The van der Waals surface area contributed by atoms with Crippen molar-refractivity contribution in [3.05, 3.63) is 61.1 Å². The van der Waals surface area contributed by atoms with Crippen LogP contribution in [0.4, 0.5) is 0 Å². The van der Waals surface area contributed by atoms with Crippen LogP contribution >= 0.6 is 0 Å². The van der Waals surface area contributed by atoms with E-state index in [1.54, 1.807) is 12.4 Å². The van der Waals surface area contributed by atoms with E-state index in [1.165, 1.54) is 18.6 Å². The lowest BCUT2D eigenvalue weighted by atomic mass is 10.3. The van der Waals surface area contributed by atoms with Crippen LogP contribution < -0.4 is 5.32 Å². The lowest BCUT2D eigenvalue weighted by molar-refractivity contribution is 0.0947. The summed E-state index contributed by atoms with van der Waals surface area (Å²) in [5, 5.41) is 2.81. The largest absolute Gasteiger partial charge is 0.349 e. The van der Waals surface area contributed by atoms with Crippen molar-refractivity contribution in [3.63, 3.8) is 0 Å². The smallest absolute Gasteiger partial charge is 0.271 e. The molecule has 110 valence electrons. The number of imidazole rings is 1. The number of carbonyl (C=O) groups excluding carboxylic acids is 1. The van der Waals surface area contributed by atoms with Crippen LogP contribution in [-0.2, 0) is 6.54 Å². The summed E-state index contributed by atoms with van der Waals surface area (Å²) in [4.78, 5) is 28.3. The Morgan fingerprint density at radius 1 is 1.09 bits per heavy atom. The number of pyridine rings is 1. The van der Waals surface area contributed by atoms with E-state index in [4.69, 9.17) is 0 Å². The number of hydrogen-bond donors (Lipinski definition) is 1. The zero-order valence-electron chi connectivity index (χ0n) is 11.8. The molecule has 0 saturated carbocycles. The third-order valence-electron chi connectivity index (χ3n) is 3.04. The zero-order chi connectivity index (χ0) is 15.2. The van der Waals surface area contributed by atoms with Gasteiger partial charge in [0.05, 0.1) is 6.20 Å². The molecule has 3 rings (SSSR count). The minimum atomic E-state index is -0.243. The molecule has 0 aromatic carbocycles. The van der Waals surface area contributed by atoms with Gasteiger partial charge in [-0.1, -0.05) is 6.07 Å². The summed E-state index contributed by atoms with van der Waals surface area (Å²) in [6, 6.07) is 5.67. The van der Waals surface area contributed by atoms with Gasteiger partial charge in [-0.25, -0.2) is 9.97 Å². The Kier molecular flexibility index (Phi) is 4.15. The molecular formula is C15H14N6O. The Balaban J connectivity index is 1.61. The van der Waals surface area contributed by atoms with Gasteiger partial charge in [0.1, 0.15) is 11.4 Å². The molecule has 3 aromatic rings. The van der Waals surface area contributed by atoms with Gasteiger partial charge in [-0.05, 0) is 12.1 Å². The van der Waals surface area contributed by atoms with Gasteiger partial charge in [-0.15, -0.1) is 0 Å². The number of rotatable bonds is 5. The Morgan fingerprint density at radius 3 is 2.82 bits per heavy atom. The summed E-state index contributed by atoms with van der Waals surface area (Å²) >= 11 is 0. The number of nitrogens with zero attached hydrogens (tertiary/aromatic N) is 5. The Hall–Kier alpha value is -3.09. The lowest BCUT2D eigenvalue weighted by Gasteiger charge is -2.08. The number of nitrogens with one attached hydrogen (secondary N) is 1. The summed E-state index contributed by atoms with van der Waals surface area (Å²) in [7, 11) is 0. The van der Waals surface area contributed by atoms with E-state index in [2.05, 4.69) is 25.3 Å². The van der Waals surface area contributed by atoms with E-state index >= 15 is 0 Å². The van der Waals surface area contributed by atoms with Crippen molar-refractivity contribution >= 4 is 5.91 Å². The van der Waals surface area contributed by atoms with E-state index in [9.17, 15) is 4.79 Å². The van der Waals surface area contributed by atoms with Crippen LogP contribution in [0, 0.1) is 0 Å². The molecule has 1 amide bonds. The van der Waals surface area contributed by atoms with Crippen LogP contribution in [0.25, 0.3) is 11.5 Å². The maximum absolute atomic E-state index is 11.9. The number of amides is 1. The molecule has 7 heteroatoms. The fourth-order valence-electron chi connectivity index (χ4n) is 2.01. The van der Waals surface area contributed by atoms with Gasteiger partial charge < -0.3 is 9.88 Å². The van der Waals surface area contributed by atoms with E-state index in [1.807, 2.05) is 29.0 Å². The summed E-state index contributed by atoms with van der Waals surface area (Å²) in [6.07, 6.45) is 9.76. The second-order valence-corrected chi connectivity index (χ2v) is 4.51. The van der Waals surface area contributed by atoms with Crippen molar-refractivity contribution in [3.8, 4) is 11.5 Å². The lowest BCUT2D eigenvalue weighted by Crippen LogP contribution is -2.28. The van der Waals surface area contributed by atoms with Gasteiger partial charge >= 0.3 is 0 Å². The molecule has 3 heterocycles. The quantitative estimate of drug-likeness (QED) is 0.763. The van der Waals surface area contributed by atoms with Crippen LogP contribution in [0.15, 0.2) is 55.4 Å². The molecule has 7 nitrogen and oxygen atoms in total. The second-order valence-electron chi connectivity index (χ2n) is 4.51. The average Bonchev–Trinajstić information content (AvgIpc) is 3.05. The molecule has 3 aromatic heterocycles. The highest BCUT2D eigenvalue weighted by Gasteiger charge is 2.08. The van der Waals surface area contributed by atoms with Gasteiger partial charge in [0.25, 0.3) is 5.91 Å². The molecule has 1 N–H and O–H groups in total. The van der Waals surface area contributed by atoms with Gasteiger partial charge in [0.2, 0.25) is 0 Å². The van der Waals surface area contributed by atoms with Crippen LogP contribution in [0.3, 0.4) is 0 Å². The van der Waals surface area contributed by atoms with E-state index < -0.39 is 0 Å². The minimum absolute atomic E-state index is 0.243. The monoisotopic (exact) mass is 294 g/mol. The SMILES string of the molecule is O=C(NCCn1ccnc1-c1ccccn1)c1cnccn1. The minimum Gasteiger partial charge on any atom is -0.349 e. The first-order chi connectivity index (χ1) is 10.8. The summed E-state index contributed by atoms with van der Waals surface area (Å²) in [5.74, 6) is 0.530. The molecule has 22 heavy (non-hydrogen) atoms. The van der Waals surface area contributed by atoms with E-state index in [0.717, 1.165) is 11.5 Å². The van der Waals surface area contributed by atoms with Crippen LogP contribution in [0.2, 0.25) is 0 Å². The normalized spacial score (nSPS) is 10.4. The van der Waals surface area contributed by atoms with Crippen LogP contribution in [0.1, 0.15) is 10.5 Å². The maximum Gasteiger partial charge on any atom is 0.271 e. The predicted octanol–water partition coefficient (Wildman–Crippen LogP) is 1.17. The highest BCUT2D eigenvalue weighted by atomic mass is 16.1. The highest BCUT2D eigenvalue weighted by molar-refractivity contribution is 5.91. The molecule has 0 radical (unpaired) electrons. The fraction of sp³-hybridized carbons (Fsp3) is 0.133. The molecule has 0 bridgehead atoms. The topological polar surface area (TPSA) is 85.6 Å². The van der Waals surface area contributed by atoms with Gasteiger partial charge in [-0.2, -0.15) is 0 Å². The third kappa shape index (κ3) is 3.14. The van der Waals surface area contributed by atoms with Crippen molar-refractivity contribution in [2.24, 2.45) is 0 Å². The third-order valence-corrected chi connectivity index (χ3v) is 3.04. The maximum atomic E-state index is 11.9. The summed E-state index contributed by atoms with van der Waals surface area (Å²) < 4.78 is 1.94.